The Hall–Kier alpha value is -2.71. The van der Waals surface area contributed by atoms with Gasteiger partial charge in [-0.1, -0.05) is 18.2 Å². The number of benzene rings is 1. The first kappa shape index (κ1) is 14.9. The number of hydrogen-bond donors (Lipinski definition) is 2. The maximum Gasteiger partial charge on any atom is 0.334 e. The van der Waals surface area contributed by atoms with Crippen LogP contribution >= 0.6 is 22.7 Å². The Morgan fingerprint density at radius 3 is 2.62 bits per heavy atom. The van der Waals surface area contributed by atoms with Gasteiger partial charge < -0.3 is 5.73 Å². The molecule has 120 valence electrons. The van der Waals surface area contributed by atoms with Crippen molar-refractivity contribution in [3.05, 3.63) is 62.1 Å². The van der Waals surface area contributed by atoms with Gasteiger partial charge in [0.25, 0.3) is 5.56 Å². The van der Waals surface area contributed by atoms with Crippen molar-refractivity contribution in [1.29, 1.82) is 0 Å². The molecule has 0 atom stereocenters. The van der Waals surface area contributed by atoms with Crippen LogP contribution in [0.4, 0.5) is 5.13 Å². The van der Waals surface area contributed by atoms with Crippen molar-refractivity contribution in [1.82, 2.24) is 14.5 Å². The molecule has 1 aromatic carbocycles. The predicted molar refractivity (Wildman–Crippen MR) is 98.3 cm³/mol. The molecule has 0 bridgehead atoms. The van der Waals surface area contributed by atoms with Crippen LogP contribution in [0.3, 0.4) is 0 Å². The second-order valence-corrected chi connectivity index (χ2v) is 7.15. The van der Waals surface area contributed by atoms with Crippen molar-refractivity contribution in [2.24, 2.45) is 0 Å². The van der Waals surface area contributed by atoms with Gasteiger partial charge in [-0.2, -0.15) is 0 Å². The zero-order chi connectivity index (χ0) is 16.8. The molecule has 0 spiro atoms. The number of nitrogens with one attached hydrogen (secondary N) is 1. The number of fused-ring (bicyclic) bond motifs is 1. The summed E-state index contributed by atoms with van der Waals surface area (Å²) in [6.45, 7) is 1.86. The van der Waals surface area contributed by atoms with Gasteiger partial charge in [0.1, 0.15) is 4.83 Å². The number of anilines is 1. The van der Waals surface area contributed by atoms with Gasteiger partial charge in [0, 0.05) is 5.38 Å². The zero-order valence-corrected chi connectivity index (χ0v) is 14.2. The van der Waals surface area contributed by atoms with E-state index in [1.54, 1.807) is 24.3 Å². The molecule has 4 rings (SSSR count). The van der Waals surface area contributed by atoms with Crippen molar-refractivity contribution < 1.29 is 0 Å². The van der Waals surface area contributed by atoms with Gasteiger partial charge in [0.15, 0.2) is 5.13 Å². The lowest BCUT2D eigenvalue weighted by molar-refractivity contribution is 0.903. The number of aryl methyl sites for hydroxylation is 1. The first-order valence-corrected chi connectivity index (χ1v) is 8.81. The summed E-state index contributed by atoms with van der Waals surface area (Å²) < 4.78 is 1.15. The predicted octanol–water partition coefficient (Wildman–Crippen LogP) is 2.75. The van der Waals surface area contributed by atoms with Crippen molar-refractivity contribution >= 4 is 38.0 Å². The van der Waals surface area contributed by atoms with E-state index in [9.17, 15) is 9.59 Å². The summed E-state index contributed by atoms with van der Waals surface area (Å²) in [6.07, 6.45) is 0. The fraction of sp³-hybridized carbons (Fsp3) is 0.0625. The van der Waals surface area contributed by atoms with Gasteiger partial charge in [-0.05, 0) is 24.6 Å². The van der Waals surface area contributed by atoms with Crippen LogP contribution in [0.2, 0.25) is 0 Å². The molecule has 8 heteroatoms. The summed E-state index contributed by atoms with van der Waals surface area (Å²) in [4.78, 5) is 33.8. The van der Waals surface area contributed by atoms with E-state index in [1.807, 2.05) is 18.4 Å². The molecular weight excluding hydrogens is 344 g/mol. The van der Waals surface area contributed by atoms with Crippen LogP contribution in [0.1, 0.15) is 5.56 Å². The van der Waals surface area contributed by atoms with Gasteiger partial charge in [0.05, 0.1) is 21.6 Å². The summed E-state index contributed by atoms with van der Waals surface area (Å²) in [5.74, 6) is 0. The molecule has 3 aromatic heterocycles. The average molecular weight is 356 g/mol. The van der Waals surface area contributed by atoms with Gasteiger partial charge in [-0.3, -0.25) is 9.78 Å². The average Bonchev–Trinajstić information content (AvgIpc) is 3.12. The molecular formula is C16H12N4O2S2. The lowest BCUT2D eigenvalue weighted by Gasteiger charge is -2.04. The van der Waals surface area contributed by atoms with Crippen LogP contribution in [-0.2, 0) is 0 Å². The molecule has 0 unspecified atom stereocenters. The Morgan fingerprint density at radius 1 is 1.21 bits per heavy atom. The highest BCUT2D eigenvalue weighted by molar-refractivity contribution is 7.22. The highest BCUT2D eigenvalue weighted by atomic mass is 32.1. The Bertz CT molecular complexity index is 1170. The minimum absolute atomic E-state index is 0.330. The first-order valence-electron chi connectivity index (χ1n) is 7.11. The summed E-state index contributed by atoms with van der Waals surface area (Å²) in [5.41, 5.74) is 6.98. The van der Waals surface area contributed by atoms with Gasteiger partial charge in [0.2, 0.25) is 0 Å². The molecule has 0 saturated carbocycles. The third kappa shape index (κ3) is 2.19. The molecule has 6 nitrogen and oxygen atoms in total. The molecule has 0 fully saturated rings. The molecule has 0 aliphatic rings. The van der Waals surface area contributed by atoms with Gasteiger partial charge in [-0.25, -0.2) is 14.3 Å². The van der Waals surface area contributed by atoms with Crippen LogP contribution in [0, 0.1) is 6.92 Å². The van der Waals surface area contributed by atoms with Crippen molar-refractivity contribution in [3.63, 3.8) is 0 Å². The van der Waals surface area contributed by atoms with Crippen molar-refractivity contribution in [2.75, 3.05) is 5.73 Å². The number of nitrogens with zero attached hydrogens (tertiary/aromatic N) is 2. The Morgan fingerprint density at radius 2 is 1.96 bits per heavy atom. The summed E-state index contributed by atoms with van der Waals surface area (Å²) in [6, 6.07) is 8.87. The van der Waals surface area contributed by atoms with E-state index in [1.165, 1.54) is 22.7 Å². The maximum atomic E-state index is 12.9. The Labute approximate surface area is 143 Å². The van der Waals surface area contributed by atoms with Crippen LogP contribution in [-0.4, -0.2) is 14.5 Å². The molecule has 4 aromatic rings. The molecule has 3 heterocycles. The molecule has 0 radical (unpaired) electrons. The fourth-order valence-corrected chi connectivity index (χ4v) is 4.44. The molecule has 24 heavy (non-hydrogen) atoms. The number of thiophene rings is 1. The Balaban J connectivity index is 2.05. The smallest absolute Gasteiger partial charge is 0.334 e. The second kappa shape index (κ2) is 5.43. The Kier molecular flexibility index (Phi) is 3.36. The van der Waals surface area contributed by atoms with Crippen molar-refractivity contribution in [3.8, 4) is 16.3 Å². The zero-order valence-electron chi connectivity index (χ0n) is 12.6. The number of thiazole rings is 1. The van der Waals surface area contributed by atoms with Crippen LogP contribution in [0.5, 0.6) is 0 Å². The standard InChI is InChI=1S/C16H12N4O2S2/c1-8-11-13(24-12(8)10-7-23-15(17)18-10)19-16(22)20(14(11)21)9-5-3-2-4-6-9/h2-7H,1H3,(H2,17,18)(H,19,22). The number of H-pyrrole nitrogens is 1. The third-order valence-corrected chi connectivity index (χ3v) is 5.66. The van der Waals surface area contributed by atoms with E-state index in [0.717, 1.165) is 20.7 Å². The molecule has 3 N–H and O–H groups in total. The quantitative estimate of drug-likeness (QED) is 0.577. The monoisotopic (exact) mass is 356 g/mol. The maximum absolute atomic E-state index is 12.9. The number of para-hydroxylation sites is 1. The van der Waals surface area contributed by atoms with E-state index in [-0.39, 0.29) is 5.56 Å². The number of nitrogens with two attached hydrogens (primary N) is 1. The number of aromatic amines is 1. The van der Waals surface area contributed by atoms with Gasteiger partial charge in [-0.15, -0.1) is 22.7 Å². The molecule has 0 amide bonds. The van der Waals surface area contributed by atoms with Crippen molar-refractivity contribution in [2.45, 2.75) is 6.92 Å². The molecule has 0 saturated heterocycles. The normalized spacial score (nSPS) is 11.2. The highest BCUT2D eigenvalue weighted by Gasteiger charge is 2.19. The molecule has 0 aliphatic heterocycles. The lowest BCUT2D eigenvalue weighted by Crippen LogP contribution is -2.33. The van der Waals surface area contributed by atoms with Crippen LogP contribution < -0.4 is 17.0 Å². The number of aromatic nitrogens is 3. The third-order valence-electron chi connectivity index (χ3n) is 3.76. The minimum atomic E-state index is -0.454. The van der Waals surface area contributed by atoms with Crippen LogP contribution in [0.15, 0.2) is 45.3 Å². The summed E-state index contributed by atoms with van der Waals surface area (Å²) in [7, 11) is 0. The number of rotatable bonds is 2. The summed E-state index contributed by atoms with van der Waals surface area (Å²) >= 11 is 2.69. The van der Waals surface area contributed by atoms with E-state index < -0.39 is 5.69 Å². The number of nitrogen functional groups attached to an aromatic ring is 1. The minimum Gasteiger partial charge on any atom is -0.375 e. The number of hydrogen-bond acceptors (Lipinski definition) is 6. The SMILES string of the molecule is Cc1c(-c2csc(N)n2)sc2[nH]c(=O)n(-c3ccccc3)c(=O)c12. The molecule has 0 aliphatic carbocycles. The van der Waals surface area contributed by atoms with E-state index in [4.69, 9.17) is 5.73 Å². The second-order valence-electron chi connectivity index (χ2n) is 5.24. The van der Waals surface area contributed by atoms with Gasteiger partial charge >= 0.3 is 5.69 Å². The van der Waals surface area contributed by atoms with E-state index in [2.05, 4.69) is 9.97 Å². The largest absolute Gasteiger partial charge is 0.375 e. The van der Waals surface area contributed by atoms with E-state index in [0.29, 0.717) is 21.0 Å². The van der Waals surface area contributed by atoms with E-state index >= 15 is 0 Å². The summed E-state index contributed by atoms with van der Waals surface area (Å²) in [5, 5.41) is 2.82. The first-order chi connectivity index (χ1) is 11.6. The lowest BCUT2D eigenvalue weighted by atomic mass is 10.2. The van der Waals surface area contributed by atoms with Crippen LogP contribution in [0.25, 0.3) is 26.5 Å². The topological polar surface area (TPSA) is 93.8 Å². The highest BCUT2D eigenvalue weighted by Crippen LogP contribution is 2.36. The fourth-order valence-electron chi connectivity index (χ4n) is 2.66.